The summed E-state index contributed by atoms with van der Waals surface area (Å²) in [6, 6.07) is 11.4. The first-order chi connectivity index (χ1) is 18.5. The SMILES string of the molecule is CCCOc1ccc(C2/C(=C(\O)c3ccc(OCC)cc3)C(=O)C(=O)N2CCC[n+]2cc[nH]c2)cc1OC. The molecule has 1 atom stereocenters. The first-order valence-electron chi connectivity index (χ1n) is 12.8. The molecule has 0 radical (unpaired) electrons. The highest BCUT2D eigenvalue weighted by Gasteiger charge is 2.46. The number of benzene rings is 2. The molecule has 1 aromatic heterocycles. The topological polar surface area (TPSA) is 105 Å². The minimum Gasteiger partial charge on any atom is -0.507 e. The lowest BCUT2D eigenvalue weighted by atomic mass is 9.95. The van der Waals surface area contributed by atoms with Crippen molar-refractivity contribution in [3.8, 4) is 17.2 Å². The normalized spacial score (nSPS) is 16.6. The predicted molar refractivity (Wildman–Crippen MR) is 141 cm³/mol. The number of carbonyl (C=O) groups excluding carboxylic acids is 2. The van der Waals surface area contributed by atoms with Gasteiger partial charge in [0.15, 0.2) is 11.5 Å². The third kappa shape index (κ3) is 5.66. The van der Waals surface area contributed by atoms with Gasteiger partial charge in [0.1, 0.15) is 23.9 Å². The van der Waals surface area contributed by atoms with E-state index < -0.39 is 17.7 Å². The molecule has 0 saturated carbocycles. The van der Waals surface area contributed by atoms with E-state index in [1.54, 1.807) is 43.5 Å². The van der Waals surface area contributed by atoms with Crippen LogP contribution in [0.15, 0.2) is 66.8 Å². The Kier molecular flexibility index (Phi) is 8.68. The van der Waals surface area contributed by atoms with Gasteiger partial charge in [-0.3, -0.25) is 14.6 Å². The van der Waals surface area contributed by atoms with Crippen molar-refractivity contribution in [1.82, 2.24) is 9.88 Å². The number of aromatic nitrogens is 2. The van der Waals surface area contributed by atoms with Crippen LogP contribution in [0.3, 0.4) is 0 Å². The van der Waals surface area contributed by atoms with E-state index in [0.717, 1.165) is 6.42 Å². The number of aliphatic hydroxyl groups is 1. The van der Waals surface area contributed by atoms with Crippen LogP contribution in [0.1, 0.15) is 43.9 Å². The quantitative estimate of drug-likeness (QED) is 0.162. The molecule has 0 aliphatic carbocycles. The van der Waals surface area contributed by atoms with Crippen LogP contribution in [0.2, 0.25) is 0 Å². The fourth-order valence-corrected chi connectivity index (χ4v) is 4.56. The first-order valence-corrected chi connectivity index (χ1v) is 12.8. The molecule has 1 saturated heterocycles. The van der Waals surface area contributed by atoms with E-state index in [4.69, 9.17) is 14.2 Å². The Morgan fingerprint density at radius 3 is 2.53 bits per heavy atom. The Balaban J connectivity index is 1.74. The molecule has 4 rings (SSSR count). The minimum absolute atomic E-state index is 0.0396. The second-order valence-corrected chi connectivity index (χ2v) is 8.91. The standard InChI is InChI=1S/C29H33N3O6/c1-4-17-38-23-12-9-21(18-24(23)36-3)26-25(27(33)20-7-10-22(11-8-20)37-5-2)28(34)29(35)32(26)15-6-14-31-16-13-30-19-31/h7-13,16,18-19,26H,4-6,14-15,17H2,1-3H3,(H,33,34)/p+1. The summed E-state index contributed by atoms with van der Waals surface area (Å²) in [7, 11) is 1.54. The van der Waals surface area contributed by atoms with Crippen LogP contribution >= 0.6 is 0 Å². The van der Waals surface area contributed by atoms with E-state index in [2.05, 4.69) is 4.98 Å². The number of Topliss-reactive ketones (excluding diaryl/α,β-unsaturated/α-hetero) is 1. The van der Waals surface area contributed by atoms with Crippen LogP contribution in [-0.2, 0) is 16.1 Å². The van der Waals surface area contributed by atoms with E-state index >= 15 is 0 Å². The lowest BCUT2D eigenvalue weighted by Gasteiger charge is -2.26. The number of rotatable bonds is 12. The van der Waals surface area contributed by atoms with Crippen molar-refractivity contribution in [3.05, 3.63) is 77.9 Å². The number of methoxy groups -OCH3 is 1. The fraction of sp³-hybridized carbons (Fsp3) is 0.345. The summed E-state index contributed by atoms with van der Waals surface area (Å²) in [6.45, 7) is 5.92. The van der Waals surface area contributed by atoms with Gasteiger partial charge >= 0.3 is 0 Å². The van der Waals surface area contributed by atoms with Gasteiger partial charge in [-0.15, -0.1) is 0 Å². The highest BCUT2D eigenvalue weighted by atomic mass is 16.5. The van der Waals surface area contributed by atoms with Gasteiger partial charge in [0, 0.05) is 18.5 Å². The molecular formula is C29H34N3O6+. The third-order valence-electron chi connectivity index (χ3n) is 6.36. The molecule has 0 bridgehead atoms. The number of aromatic amines is 1. The number of imidazole rings is 1. The predicted octanol–water partition coefficient (Wildman–Crippen LogP) is 4.01. The summed E-state index contributed by atoms with van der Waals surface area (Å²) in [5, 5.41) is 11.3. The molecule has 2 heterocycles. The average Bonchev–Trinajstić information content (AvgIpc) is 3.54. The molecular weight excluding hydrogens is 486 g/mol. The zero-order valence-corrected chi connectivity index (χ0v) is 22.0. The molecule has 3 aromatic rings. The number of ketones is 1. The van der Waals surface area contributed by atoms with Gasteiger partial charge in [-0.05, 0) is 55.3 Å². The van der Waals surface area contributed by atoms with E-state index in [0.29, 0.717) is 61.1 Å². The molecule has 9 heteroatoms. The molecule has 1 amide bonds. The number of aryl methyl sites for hydroxylation is 1. The fourth-order valence-electron chi connectivity index (χ4n) is 4.56. The van der Waals surface area contributed by atoms with Crippen molar-refractivity contribution in [1.29, 1.82) is 0 Å². The molecule has 9 nitrogen and oxygen atoms in total. The summed E-state index contributed by atoms with van der Waals surface area (Å²) >= 11 is 0. The first kappa shape index (κ1) is 26.8. The second kappa shape index (κ2) is 12.3. The number of ether oxygens (including phenoxy) is 3. The van der Waals surface area contributed by atoms with Crippen molar-refractivity contribution in [2.45, 2.75) is 39.3 Å². The highest BCUT2D eigenvalue weighted by molar-refractivity contribution is 6.46. The monoisotopic (exact) mass is 520 g/mol. The number of carbonyl (C=O) groups is 2. The Labute approximate surface area is 222 Å². The summed E-state index contributed by atoms with van der Waals surface area (Å²) < 4.78 is 18.8. The maximum atomic E-state index is 13.3. The lowest BCUT2D eigenvalue weighted by molar-refractivity contribution is -0.695. The summed E-state index contributed by atoms with van der Waals surface area (Å²) in [4.78, 5) is 31.1. The van der Waals surface area contributed by atoms with Crippen LogP contribution in [0.25, 0.3) is 5.76 Å². The number of amides is 1. The second-order valence-electron chi connectivity index (χ2n) is 8.91. The molecule has 2 N–H and O–H groups in total. The van der Waals surface area contributed by atoms with Crippen molar-refractivity contribution >= 4 is 17.4 Å². The zero-order valence-electron chi connectivity index (χ0n) is 22.0. The van der Waals surface area contributed by atoms with Gasteiger partial charge in [0.05, 0.1) is 38.5 Å². The van der Waals surface area contributed by atoms with E-state index in [-0.39, 0.29) is 11.3 Å². The van der Waals surface area contributed by atoms with E-state index in [1.807, 2.05) is 43.2 Å². The number of hydrogen-bond donors (Lipinski definition) is 2. The van der Waals surface area contributed by atoms with Gasteiger partial charge < -0.3 is 24.2 Å². The third-order valence-corrected chi connectivity index (χ3v) is 6.36. The number of nitrogens with one attached hydrogen (secondary N) is 1. The molecule has 1 aliphatic rings. The number of aliphatic hydroxyl groups excluding tert-OH is 1. The van der Waals surface area contributed by atoms with Gasteiger partial charge in [0.25, 0.3) is 11.7 Å². The van der Waals surface area contributed by atoms with Crippen LogP contribution < -0.4 is 18.8 Å². The van der Waals surface area contributed by atoms with Crippen LogP contribution in [-0.4, -0.2) is 53.5 Å². The lowest BCUT2D eigenvalue weighted by Crippen LogP contribution is -2.36. The number of hydrogen-bond acceptors (Lipinski definition) is 6. The molecule has 200 valence electrons. The summed E-state index contributed by atoms with van der Waals surface area (Å²) in [6.07, 6.45) is 7.00. The summed E-state index contributed by atoms with van der Waals surface area (Å²) in [5.41, 5.74) is 1.11. The van der Waals surface area contributed by atoms with Crippen LogP contribution in [0.4, 0.5) is 0 Å². The summed E-state index contributed by atoms with van der Waals surface area (Å²) in [5.74, 6) is 0.114. The Morgan fingerprint density at radius 1 is 1.08 bits per heavy atom. The molecule has 1 unspecified atom stereocenters. The van der Waals surface area contributed by atoms with E-state index in [9.17, 15) is 14.7 Å². The molecule has 2 aromatic carbocycles. The smallest absolute Gasteiger partial charge is 0.295 e. The number of likely N-dealkylation sites (tertiary alicyclic amines) is 1. The van der Waals surface area contributed by atoms with Gasteiger partial charge in [-0.1, -0.05) is 13.0 Å². The Morgan fingerprint density at radius 2 is 1.87 bits per heavy atom. The molecule has 1 fully saturated rings. The molecule has 38 heavy (non-hydrogen) atoms. The van der Waals surface area contributed by atoms with Gasteiger partial charge in [-0.25, -0.2) is 4.57 Å². The van der Waals surface area contributed by atoms with Crippen molar-refractivity contribution in [2.24, 2.45) is 0 Å². The number of H-pyrrole nitrogens is 1. The minimum atomic E-state index is -0.785. The van der Waals surface area contributed by atoms with Gasteiger partial charge in [-0.2, -0.15) is 0 Å². The largest absolute Gasteiger partial charge is 0.507 e. The maximum absolute atomic E-state index is 13.3. The van der Waals surface area contributed by atoms with E-state index in [1.165, 1.54) is 4.90 Å². The maximum Gasteiger partial charge on any atom is 0.295 e. The molecule has 0 spiro atoms. The number of nitrogens with zero attached hydrogens (tertiary/aromatic N) is 2. The van der Waals surface area contributed by atoms with Crippen LogP contribution in [0, 0.1) is 0 Å². The Bertz CT molecular complexity index is 1280. The Hall–Kier alpha value is -4.27. The highest BCUT2D eigenvalue weighted by Crippen LogP contribution is 2.42. The van der Waals surface area contributed by atoms with Crippen LogP contribution in [0.5, 0.6) is 17.2 Å². The van der Waals surface area contributed by atoms with Crippen molar-refractivity contribution in [3.63, 3.8) is 0 Å². The average molecular weight is 521 g/mol. The van der Waals surface area contributed by atoms with Gasteiger partial charge in [0.2, 0.25) is 6.33 Å². The van der Waals surface area contributed by atoms with Crippen molar-refractivity contribution in [2.75, 3.05) is 26.9 Å². The zero-order chi connectivity index (χ0) is 27.1. The van der Waals surface area contributed by atoms with Crippen molar-refractivity contribution < 1.29 is 33.5 Å². The molecule has 1 aliphatic heterocycles.